The lowest BCUT2D eigenvalue weighted by molar-refractivity contribution is -0.132. The Balaban J connectivity index is 1.20. The van der Waals surface area contributed by atoms with Gasteiger partial charge in [-0.2, -0.15) is 0 Å². The molecule has 5 rings (SSSR count). The van der Waals surface area contributed by atoms with E-state index in [1.54, 1.807) is 0 Å². The average molecular weight is 393 g/mol. The maximum Gasteiger partial charge on any atom is 0.326 e. The summed E-state index contributed by atoms with van der Waals surface area (Å²) in [6, 6.07) is 13.7. The molecule has 3 aromatic rings. The van der Waals surface area contributed by atoms with Crippen molar-refractivity contribution in [1.82, 2.24) is 14.5 Å². The molecule has 2 aromatic carbocycles. The number of amides is 1. The number of piperidine rings is 1. The normalized spacial score (nSPS) is 16.5. The second-order valence-electron chi connectivity index (χ2n) is 7.62. The van der Waals surface area contributed by atoms with Gasteiger partial charge in [-0.25, -0.2) is 4.79 Å². The Morgan fingerprint density at radius 2 is 1.86 bits per heavy atom. The van der Waals surface area contributed by atoms with E-state index in [1.165, 1.54) is 0 Å². The van der Waals surface area contributed by atoms with Crippen molar-refractivity contribution in [3.8, 4) is 11.5 Å². The minimum absolute atomic E-state index is 0.0706. The van der Waals surface area contributed by atoms with Crippen molar-refractivity contribution in [3.63, 3.8) is 0 Å². The largest absolute Gasteiger partial charge is 0.454 e. The number of carbonyl (C=O) groups is 1. The number of likely N-dealkylation sites (tertiary alicyclic amines) is 1. The van der Waals surface area contributed by atoms with Crippen LogP contribution in [0.5, 0.6) is 11.5 Å². The van der Waals surface area contributed by atoms with E-state index in [0.717, 1.165) is 40.9 Å². The highest BCUT2D eigenvalue weighted by atomic mass is 16.7. The van der Waals surface area contributed by atoms with Crippen LogP contribution in [0.3, 0.4) is 0 Å². The lowest BCUT2D eigenvalue weighted by Crippen LogP contribution is -2.40. The molecule has 7 nitrogen and oxygen atoms in total. The van der Waals surface area contributed by atoms with E-state index in [1.807, 2.05) is 51.9 Å². The summed E-state index contributed by atoms with van der Waals surface area (Å²) in [6.07, 6.45) is 2.73. The fraction of sp³-hybridized carbons (Fsp3) is 0.364. The first-order valence-corrected chi connectivity index (χ1v) is 10.0. The summed E-state index contributed by atoms with van der Waals surface area (Å²) in [6.45, 7) is 1.61. The first-order valence-electron chi connectivity index (χ1n) is 10.0. The molecule has 0 aliphatic carbocycles. The van der Waals surface area contributed by atoms with E-state index in [4.69, 9.17) is 9.47 Å². The number of aromatic amines is 1. The third-order valence-corrected chi connectivity index (χ3v) is 5.87. The molecule has 0 spiro atoms. The van der Waals surface area contributed by atoms with Crippen LogP contribution in [-0.4, -0.2) is 40.2 Å². The predicted octanol–water partition coefficient (Wildman–Crippen LogP) is 2.85. The number of benzene rings is 2. The van der Waals surface area contributed by atoms with Gasteiger partial charge in [-0.05, 0) is 49.1 Å². The van der Waals surface area contributed by atoms with Crippen molar-refractivity contribution in [3.05, 3.63) is 58.5 Å². The van der Waals surface area contributed by atoms with E-state index < -0.39 is 0 Å². The molecule has 1 saturated heterocycles. The zero-order valence-electron chi connectivity index (χ0n) is 16.1. The number of ether oxygens (including phenoxy) is 2. The van der Waals surface area contributed by atoms with E-state index in [-0.39, 0.29) is 24.4 Å². The number of H-pyrrole nitrogens is 1. The molecular formula is C22H23N3O4. The number of imidazole rings is 1. The Morgan fingerprint density at radius 3 is 2.72 bits per heavy atom. The number of nitrogens with one attached hydrogen (secondary N) is 1. The minimum atomic E-state index is -0.0706. The third-order valence-electron chi connectivity index (χ3n) is 5.87. The lowest BCUT2D eigenvalue weighted by atomic mass is 10.0. The number of hydrogen-bond acceptors (Lipinski definition) is 4. The van der Waals surface area contributed by atoms with Crippen molar-refractivity contribution in [2.75, 3.05) is 19.9 Å². The van der Waals surface area contributed by atoms with Gasteiger partial charge in [0.15, 0.2) is 11.5 Å². The van der Waals surface area contributed by atoms with Gasteiger partial charge in [-0.1, -0.05) is 18.2 Å². The molecule has 1 aromatic heterocycles. The summed E-state index contributed by atoms with van der Waals surface area (Å²) in [4.78, 5) is 29.9. The molecule has 0 saturated carbocycles. The van der Waals surface area contributed by atoms with Crippen molar-refractivity contribution >= 4 is 16.9 Å². The van der Waals surface area contributed by atoms with Gasteiger partial charge < -0.3 is 19.4 Å². The minimum Gasteiger partial charge on any atom is -0.454 e. The molecule has 29 heavy (non-hydrogen) atoms. The maximum absolute atomic E-state index is 12.7. The number of carbonyl (C=O) groups excluding carboxylic acids is 1. The van der Waals surface area contributed by atoms with Crippen molar-refractivity contribution in [2.24, 2.45) is 0 Å². The molecule has 0 atom stereocenters. The standard InChI is InChI=1S/C22H23N3O4/c26-21(8-6-15-5-7-19-20(13-15)29-14-28-19)24-11-9-16(10-12-24)25-18-4-2-1-3-17(18)23-22(25)27/h1-5,7,13,16H,6,8-12,14H2,(H,23,27). The molecule has 1 fully saturated rings. The van der Waals surface area contributed by atoms with Crippen LogP contribution in [-0.2, 0) is 11.2 Å². The fourth-order valence-electron chi connectivity index (χ4n) is 4.32. The highest BCUT2D eigenvalue weighted by Crippen LogP contribution is 2.33. The summed E-state index contributed by atoms with van der Waals surface area (Å²) < 4.78 is 12.6. The zero-order chi connectivity index (χ0) is 19.8. The molecule has 0 bridgehead atoms. The van der Waals surface area contributed by atoms with Gasteiger partial charge in [0.1, 0.15) is 0 Å². The number of para-hydroxylation sites is 2. The Hall–Kier alpha value is -3.22. The number of aryl methyl sites for hydroxylation is 1. The maximum atomic E-state index is 12.7. The molecule has 7 heteroatoms. The zero-order valence-corrected chi connectivity index (χ0v) is 16.1. The van der Waals surface area contributed by atoms with Gasteiger partial charge in [0.25, 0.3) is 0 Å². The first-order chi connectivity index (χ1) is 14.2. The quantitative estimate of drug-likeness (QED) is 0.740. The van der Waals surface area contributed by atoms with Gasteiger partial charge >= 0.3 is 5.69 Å². The molecule has 0 unspecified atom stereocenters. The molecule has 150 valence electrons. The highest BCUT2D eigenvalue weighted by Gasteiger charge is 2.26. The first kappa shape index (κ1) is 17.8. The lowest BCUT2D eigenvalue weighted by Gasteiger charge is -2.32. The Kier molecular flexibility index (Phi) is 4.50. The van der Waals surface area contributed by atoms with Crippen LogP contribution in [0.1, 0.15) is 30.9 Å². The van der Waals surface area contributed by atoms with Crippen LogP contribution >= 0.6 is 0 Å². The van der Waals surface area contributed by atoms with Crippen LogP contribution in [0.15, 0.2) is 47.3 Å². The smallest absolute Gasteiger partial charge is 0.326 e. The van der Waals surface area contributed by atoms with Gasteiger partial charge in [0, 0.05) is 25.6 Å². The summed E-state index contributed by atoms with van der Waals surface area (Å²) in [7, 11) is 0. The summed E-state index contributed by atoms with van der Waals surface area (Å²) in [5.41, 5.74) is 2.80. The average Bonchev–Trinajstić information content (AvgIpc) is 3.35. The fourth-order valence-corrected chi connectivity index (χ4v) is 4.32. The molecule has 2 aliphatic heterocycles. The molecule has 2 aliphatic rings. The molecule has 3 heterocycles. The third kappa shape index (κ3) is 3.37. The van der Waals surface area contributed by atoms with Crippen LogP contribution in [0.4, 0.5) is 0 Å². The second kappa shape index (κ2) is 7.31. The number of aromatic nitrogens is 2. The van der Waals surface area contributed by atoms with Crippen LogP contribution in [0.25, 0.3) is 11.0 Å². The molecule has 0 radical (unpaired) electrons. The Bertz CT molecular complexity index is 1110. The second-order valence-corrected chi connectivity index (χ2v) is 7.62. The van der Waals surface area contributed by atoms with Gasteiger partial charge in [-0.3, -0.25) is 9.36 Å². The number of rotatable bonds is 4. The van der Waals surface area contributed by atoms with Crippen LogP contribution in [0, 0.1) is 0 Å². The van der Waals surface area contributed by atoms with E-state index >= 15 is 0 Å². The van der Waals surface area contributed by atoms with Crippen molar-refractivity contribution in [2.45, 2.75) is 31.7 Å². The van der Waals surface area contributed by atoms with Crippen molar-refractivity contribution < 1.29 is 14.3 Å². The monoisotopic (exact) mass is 393 g/mol. The van der Waals surface area contributed by atoms with Gasteiger partial charge in [0.05, 0.1) is 11.0 Å². The van der Waals surface area contributed by atoms with Crippen LogP contribution < -0.4 is 15.2 Å². The number of nitrogens with zero attached hydrogens (tertiary/aromatic N) is 2. The van der Waals surface area contributed by atoms with E-state index in [2.05, 4.69) is 4.98 Å². The van der Waals surface area contributed by atoms with Crippen LogP contribution in [0.2, 0.25) is 0 Å². The van der Waals surface area contributed by atoms with E-state index in [9.17, 15) is 9.59 Å². The summed E-state index contributed by atoms with van der Waals surface area (Å²) in [5.74, 6) is 1.67. The molecule has 1 amide bonds. The molecular weight excluding hydrogens is 370 g/mol. The van der Waals surface area contributed by atoms with Gasteiger partial charge in [-0.15, -0.1) is 0 Å². The molecule has 1 N–H and O–H groups in total. The topological polar surface area (TPSA) is 76.6 Å². The SMILES string of the molecule is O=C(CCc1ccc2c(c1)OCO2)N1CCC(n2c(=O)[nH]c3ccccc32)CC1. The number of fused-ring (bicyclic) bond motifs is 2. The summed E-state index contributed by atoms with van der Waals surface area (Å²) >= 11 is 0. The number of hydrogen-bond donors (Lipinski definition) is 1. The van der Waals surface area contributed by atoms with Crippen molar-refractivity contribution in [1.29, 1.82) is 0 Å². The highest BCUT2D eigenvalue weighted by molar-refractivity contribution is 5.77. The summed E-state index contributed by atoms with van der Waals surface area (Å²) in [5, 5.41) is 0. The Labute approximate surface area is 167 Å². The van der Waals surface area contributed by atoms with Gasteiger partial charge in [0.2, 0.25) is 12.7 Å². The van der Waals surface area contributed by atoms with E-state index in [0.29, 0.717) is 25.9 Å². The Morgan fingerprint density at radius 1 is 1.07 bits per heavy atom. The predicted molar refractivity (Wildman–Crippen MR) is 108 cm³/mol.